The number of benzene rings is 1. The Labute approximate surface area is 161 Å². The zero-order chi connectivity index (χ0) is 19.5. The molecule has 0 radical (unpaired) electrons. The van der Waals surface area contributed by atoms with Crippen LogP contribution in [-0.4, -0.2) is 47.0 Å². The van der Waals surface area contributed by atoms with E-state index >= 15 is 0 Å². The first-order valence-corrected chi connectivity index (χ1v) is 10.9. The third-order valence-corrected chi connectivity index (χ3v) is 6.87. The summed E-state index contributed by atoms with van der Waals surface area (Å²) < 4.78 is 66.0. The molecule has 1 aromatic carbocycles. The van der Waals surface area contributed by atoms with Crippen LogP contribution in [0.5, 0.6) is 0 Å². The summed E-state index contributed by atoms with van der Waals surface area (Å²) in [6.45, 7) is 5.79. The van der Waals surface area contributed by atoms with Gasteiger partial charge in [-0.15, -0.1) is 12.4 Å². The zero-order valence-corrected chi connectivity index (χ0v) is 17.8. The minimum atomic E-state index is -3.91. The number of nitrogens with one attached hydrogen (secondary N) is 1. The van der Waals surface area contributed by atoms with E-state index in [1.807, 2.05) is 13.8 Å². The van der Waals surface area contributed by atoms with Gasteiger partial charge in [0, 0.05) is 13.6 Å². The van der Waals surface area contributed by atoms with Crippen LogP contribution in [0.1, 0.15) is 27.2 Å². The number of hydrogen-bond acceptors (Lipinski definition) is 5. The maximum Gasteiger partial charge on any atom is 0.242 e. The highest BCUT2D eigenvalue weighted by atomic mass is 35.5. The Morgan fingerprint density at radius 3 is 2.27 bits per heavy atom. The van der Waals surface area contributed by atoms with Gasteiger partial charge in [-0.1, -0.05) is 20.8 Å². The highest BCUT2D eigenvalue weighted by Gasteiger charge is 2.28. The molecule has 0 spiro atoms. The van der Waals surface area contributed by atoms with Crippen LogP contribution in [-0.2, 0) is 20.0 Å². The average molecular weight is 432 g/mol. The van der Waals surface area contributed by atoms with Crippen molar-refractivity contribution in [2.45, 2.75) is 32.1 Å². The second-order valence-corrected chi connectivity index (χ2v) is 10.6. The Hall–Kier alpha value is -0.940. The van der Waals surface area contributed by atoms with E-state index < -0.39 is 31.3 Å². The Balaban J connectivity index is 0.00000625. The molecule has 26 heavy (non-hydrogen) atoms. The van der Waals surface area contributed by atoms with Crippen molar-refractivity contribution in [3.05, 3.63) is 24.0 Å². The van der Waals surface area contributed by atoms with Gasteiger partial charge < -0.3 is 5.73 Å². The van der Waals surface area contributed by atoms with Crippen LogP contribution in [0.25, 0.3) is 0 Å². The number of nitrogens with two attached hydrogens (primary N) is 1. The number of halogens is 2. The number of hydrogen-bond donors (Lipinski definition) is 2. The molecule has 0 fully saturated rings. The molecule has 0 atom stereocenters. The Morgan fingerprint density at radius 1 is 1.23 bits per heavy atom. The third kappa shape index (κ3) is 6.66. The Bertz CT molecular complexity index is 814. The number of sulfonamides is 2. The molecule has 0 unspecified atom stereocenters. The maximum atomic E-state index is 14.2. The molecule has 3 N–H and O–H groups in total. The molecule has 0 bridgehead atoms. The van der Waals surface area contributed by atoms with E-state index in [0.29, 0.717) is 13.0 Å². The van der Waals surface area contributed by atoms with Crippen LogP contribution in [0.2, 0.25) is 0 Å². The molecule has 0 aromatic heterocycles. The molecule has 0 saturated carbocycles. The summed E-state index contributed by atoms with van der Waals surface area (Å²) >= 11 is 0. The minimum Gasteiger partial charge on any atom is -0.330 e. The second kappa shape index (κ2) is 9.32. The molecule has 7 nitrogen and oxygen atoms in total. The molecule has 152 valence electrons. The van der Waals surface area contributed by atoms with Crippen LogP contribution in [0, 0.1) is 11.2 Å². The first-order valence-electron chi connectivity index (χ1n) is 7.81. The van der Waals surface area contributed by atoms with Crippen LogP contribution < -0.4 is 10.5 Å². The lowest BCUT2D eigenvalue weighted by Gasteiger charge is -2.28. The highest BCUT2D eigenvalue weighted by molar-refractivity contribution is 7.92. The molecule has 0 heterocycles. The maximum absolute atomic E-state index is 14.2. The summed E-state index contributed by atoms with van der Waals surface area (Å²) in [7, 11) is -6.19. The van der Waals surface area contributed by atoms with E-state index in [0.717, 1.165) is 16.4 Å². The van der Waals surface area contributed by atoms with Gasteiger partial charge >= 0.3 is 0 Å². The monoisotopic (exact) mass is 431 g/mol. The van der Waals surface area contributed by atoms with Crippen LogP contribution in [0.4, 0.5) is 10.1 Å². The van der Waals surface area contributed by atoms with Gasteiger partial charge in [-0.2, -0.15) is 0 Å². The quantitative estimate of drug-likeness (QED) is 0.621. The fourth-order valence-electron chi connectivity index (χ4n) is 2.16. The van der Waals surface area contributed by atoms with Gasteiger partial charge in [0.05, 0.1) is 16.3 Å². The molecular weight excluding hydrogens is 405 g/mol. The first kappa shape index (κ1) is 25.1. The lowest BCUT2D eigenvalue weighted by molar-refractivity contribution is 0.292. The number of anilines is 1. The van der Waals surface area contributed by atoms with Gasteiger partial charge in [-0.25, -0.2) is 25.5 Å². The predicted octanol–water partition coefficient (Wildman–Crippen LogP) is 2.00. The smallest absolute Gasteiger partial charge is 0.242 e. The molecule has 0 amide bonds. The largest absolute Gasteiger partial charge is 0.330 e. The van der Waals surface area contributed by atoms with E-state index in [4.69, 9.17) is 5.73 Å². The normalized spacial score (nSPS) is 12.7. The molecule has 0 aliphatic heterocycles. The fourth-order valence-corrected chi connectivity index (χ4v) is 4.67. The zero-order valence-electron chi connectivity index (χ0n) is 15.3. The van der Waals surface area contributed by atoms with Crippen molar-refractivity contribution in [3.63, 3.8) is 0 Å². The molecule has 0 aliphatic carbocycles. The van der Waals surface area contributed by atoms with Gasteiger partial charge in [0.25, 0.3) is 0 Å². The Kier molecular flexibility index (Phi) is 8.98. The topological polar surface area (TPSA) is 110 Å². The molecule has 0 saturated heterocycles. The van der Waals surface area contributed by atoms with Crippen molar-refractivity contribution in [1.29, 1.82) is 0 Å². The van der Waals surface area contributed by atoms with Crippen molar-refractivity contribution in [3.8, 4) is 0 Å². The summed E-state index contributed by atoms with van der Waals surface area (Å²) in [6, 6.07) is 3.09. The summed E-state index contributed by atoms with van der Waals surface area (Å²) in [4.78, 5) is -0.251. The first-order chi connectivity index (χ1) is 11.3. The van der Waals surface area contributed by atoms with Crippen molar-refractivity contribution in [2.24, 2.45) is 11.1 Å². The summed E-state index contributed by atoms with van der Waals surface area (Å²) in [6.07, 6.45) is 0.380. The van der Waals surface area contributed by atoms with E-state index in [2.05, 4.69) is 4.72 Å². The summed E-state index contributed by atoms with van der Waals surface area (Å²) in [5.41, 5.74) is 4.90. The van der Waals surface area contributed by atoms with Crippen LogP contribution in [0.15, 0.2) is 23.1 Å². The van der Waals surface area contributed by atoms with Gasteiger partial charge in [0.1, 0.15) is 5.82 Å². The molecular formula is C15H27ClFN3O4S2. The van der Waals surface area contributed by atoms with Gasteiger partial charge in [0.2, 0.25) is 20.0 Å². The van der Waals surface area contributed by atoms with Crippen molar-refractivity contribution in [1.82, 2.24) is 4.31 Å². The lowest BCUT2D eigenvalue weighted by atomic mass is 9.94. The van der Waals surface area contributed by atoms with Crippen LogP contribution in [0.3, 0.4) is 0 Å². The number of rotatable bonds is 9. The van der Waals surface area contributed by atoms with Crippen molar-refractivity contribution >= 4 is 38.1 Å². The van der Waals surface area contributed by atoms with Crippen LogP contribution >= 0.6 is 12.4 Å². The second-order valence-electron chi connectivity index (χ2n) is 6.69. The molecule has 11 heteroatoms. The van der Waals surface area contributed by atoms with Gasteiger partial charge in [-0.05, 0) is 36.6 Å². The van der Waals surface area contributed by atoms with E-state index in [-0.39, 0.29) is 35.3 Å². The summed E-state index contributed by atoms with van der Waals surface area (Å²) in [5, 5.41) is 0. The van der Waals surface area contributed by atoms with Gasteiger partial charge in [-0.3, -0.25) is 4.72 Å². The van der Waals surface area contributed by atoms with E-state index in [1.165, 1.54) is 13.1 Å². The average Bonchev–Trinajstić information content (AvgIpc) is 2.48. The van der Waals surface area contributed by atoms with E-state index in [1.54, 1.807) is 6.92 Å². The standard InChI is InChI=1S/C15H26FN3O4S2.ClH/c1-5-8-24(20,21)18-14-7-6-12(9-13(14)16)25(22,23)19(4)11-15(2,3)10-17;/h6-7,9,18H,5,8,10-11,17H2,1-4H3;1H. The number of nitrogens with zero attached hydrogens (tertiary/aromatic N) is 1. The Morgan fingerprint density at radius 2 is 1.81 bits per heavy atom. The molecule has 0 aliphatic rings. The SMILES string of the molecule is CCCS(=O)(=O)Nc1ccc(S(=O)(=O)N(C)CC(C)(C)CN)cc1F.Cl. The molecule has 1 rings (SSSR count). The fraction of sp³-hybridized carbons (Fsp3) is 0.600. The van der Waals surface area contributed by atoms with Gasteiger partial charge in [0.15, 0.2) is 0 Å². The summed E-state index contributed by atoms with van der Waals surface area (Å²) in [5.74, 6) is -1.10. The lowest BCUT2D eigenvalue weighted by Crippen LogP contribution is -2.39. The van der Waals surface area contributed by atoms with E-state index in [9.17, 15) is 21.2 Å². The minimum absolute atomic E-state index is 0. The van der Waals surface area contributed by atoms with Crippen molar-refractivity contribution in [2.75, 3.05) is 30.6 Å². The highest BCUT2D eigenvalue weighted by Crippen LogP contribution is 2.24. The predicted molar refractivity (Wildman–Crippen MR) is 104 cm³/mol. The molecule has 1 aromatic rings. The third-order valence-electron chi connectivity index (χ3n) is 3.59. The van der Waals surface area contributed by atoms with Crippen molar-refractivity contribution < 1.29 is 21.2 Å².